The summed E-state index contributed by atoms with van der Waals surface area (Å²) in [5.74, 6) is 0.834. The number of hydrogen-bond acceptors (Lipinski definition) is 2. The Morgan fingerprint density at radius 3 is 3.07 bits per heavy atom. The van der Waals surface area contributed by atoms with Crippen molar-refractivity contribution >= 4 is 17.4 Å². The zero-order chi connectivity index (χ0) is 10.8. The summed E-state index contributed by atoms with van der Waals surface area (Å²) in [6, 6.07) is 1.95. The standard InChI is InChI=1S/C11H14ClFN2/c1-8-3-2-4-15(8)11-9(6-12)5-10(13)7-14-11/h5,7-8H,2-4,6H2,1H3. The lowest BCUT2D eigenvalue weighted by Crippen LogP contribution is -2.28. The van der Waals surface area contributed by atoms with E-state index in [0.717, 1.165) is 17.9 Å². The summed E-state index contributed by atoms with van der Waals surface area (Å²) in [5.41, 5.74) is 0.783. The van der Waals surface area contributed by atoms with Crippen LogP contribution in [0.1, 0.15) is 25.3 Å². The summed E-state index contributed by atoms with van der Waals surface area (Å²) in [5, 5.41) is 0. The fraction of sp³-hybridized carbons (Fsp3) is 0.545. The number of aromatic nitrogens is 1. The second-order valence-electron chi connectivity index (χ2n) is 3.95. The molecular weight excluding hydrogens is 215 g/mol. The molecule has 15 heavy (non-hydrogen) atoms. The third kappa shape index (κ3) is 2.07. The van der Waals surface area contributed by atoms with Gasteiger partial charge in [0.05, 0.1) is 12.1 Å². The minimum absolute atomic E-state index is 0.309. The molecular formula is C11H14ClFN2. The molecule has 1 aliphatic rings. The average molecular weight is 229 g/mol. The van der Waals surface area contributed by atoms with Crippen LogP contribution in [0.3, 0.4) is 0 Å². The van der Waals surface area contributed by atoms with E-state index in [-0.39, 0.29) is 5.82 Å². The molecule has 0 aliphatic carbocycles. The average Bonchev–Trinajstić information content (AvgIpc) is 2.64. The molecule has 0 spiro atoms. The number of anilines is 1. The molecule has 2 nitrogen and oxygen atoms in total. The van der Waals surface area contributed by atoms with Crippen molar-refractivity contribution < 1.29 is 4.39 Å². The Labute approximate surface area is 94.1 Å². The van der Waals surface area contributed by atoms with Gasteiger partial charge < -0.3 is 4.90 Å². The number of hydrogen-bond donors (Lipinski definition) is 0. The summed E-state index contributed by atoms with van der Waals surface area (Å²) < 4.78 is 13.0. The van der Waals surface area contributed by atoms with Gasteiger partial charge in [-0.2, -0.15) is 0 Å². The Morgan fingerprint density at radius 2 is 2.47 bits per heavy atom. The maximum Gasteiger partial charge on any atom is 0.141 e. The van der Waals surface area contributed by atoms with Crippen molar-refractivity contribution in [3.63, 3.8) is 0 Å². The normalized spacial score (nSPS) is 21.0. The molecule has 2 rings (SSSR count). The maximum atomic E-state index is 13.0. The molecule has 82 valence electrons. The zero-order valence-corrected chi connectivity index (χ0v) is 9.47. The van der Waals surface area contributed by atoms with Gasteiger partial charge in [-0.3, -0.25) is 0 Å². The van der Waals surface area contributed by atoms with E-state index in [1.165, 1.54) is 25.1 Å². The molecule has 1 saturated heterocycles. The van der Waals surface area contributed by atoms with Gasteiger partial charge in [0.1, 0.15) is 11.6 Å². The van der Waals surface area contributed by atoms with Crippen LogP contribution in [-0.2, 0) is 5.88 Å². The van der Waals surface area contributed by atoms with Crippen molar-refractivity contribution in [3.8, 4) is 0 Å². The molecule has 1 atom stereocenters. The third-order valence-electron chi connectivity index (χ3n) is 2.88. The van der Waals surface area contributed by atoms with E-state index in [4.69, 9.17) is 11.6 Å². The van der Waals surface area contributed by atoms with Gasteiger partial charge in [-0.1, -0.05) is 0 Å². The summed E-state index contributed by atoms with van der Waals surface area (Å²) in [7, 11) is 0. The van der Waals surface area contributed by atoms with Crippen molar-refractivity contribution in [2.45, 2.75) is 31.7 Å². The number of rotatable bonds is 2. The molecule has 1 aromatic rings. The lowest BCUT2D eigenvalue weighted by atomic mass is 10.2. The maximum absolute atomic E-state index is 13.0. The van der Waals surface area contributed by atoms with Crippen molar-refractivity contribution in [3.05, 3.63) is 23.6 Å². The lowest BCUT2D eigenvalue weighted by molar-refractivity contribution is 0.617. The molecule has 0 aromatic carbocycles. The third-order valence-corrected chi connectivity index (χ3v) is 3.17. The largest absolute Gasteiger partial charge is 0.354 e. The van der Waals surface area contributed by atoms with Gasteiger partial charge in [-0.25, -0.2) is 9.37 Å². The van der Waals surface area contributed by atoms with Crippen molar-refractivity contribution in [2.24, 2.45) is 0 Å². The minimum atomic E-state index is -0.318. The molecule has 0 amide bonds. The predicted octanol–water partition coefficient (Wildman–Crippen LogP) is 2.95. The van der Waals surface area contributed by atoms with Crippen LogP contribution in [0.5, 0.6) is 0 Å². The Morgan fingerprint density at radius 1 is 1.67 bits per heavy atom. The van der Waals surface area contributed by atoms with Crippen molar-refractivity contribution in [2.75, 3.05) is 11.4 Å². The molecule has 1 aliphatic heterocycles. The van der Waals surface area contributed by atoms with E-state index in [1.807, 2.05) is 0 Å². The van der Waals surface area contributed by atoms with Crippen LogP contribution in [-0.4, -0.2) is 17.6 Å². The van der Waals surface area contributed by atoms with Crippen LogP contribution in [0.4, 0.5) is 10.2 Å². The summed E-state index contributed by atoms with van der Waals surface area (Å²) in [4.78, 5) is 6.35. The molecule has 2 heterocycles. The Hall–Kier alpha value is -0.830. The van der Waals surface area contributed by atoms with Crippen LogP contribution in [0, 0.1) is 5.82 Å². The van der Waals surface area contributed by atoms with Gasteiger partial charge in [0.25, 0.3) is 0 Å². The van der Waals surface area contributed by atoms with E-state index in [1.54, 1.807) is 0 Å². The van der Waals surface area contributed by atoms with Gasteiger partial charge in [0.2, 0.25) is 0 Å². The van der Waals surface area contributed by atoms with Gasteiger partial charge in [0.15, 0.2) is 0 Å². The molecule has 1 fully saturated rings. The van der Waals surface area contributed by atoms with E-state index >= 15 is 0 Å². The highest BCUT2D eigenvalue weighted by Crippen LogP contribution is 2.27. The van der Waals surface area contributed by atoms with Crippen LogP contribution in [0.25, 0.3) is 0 Å². The van der Waals surface area contributed by atoms with Gasteiger partial charge in [-0.05, 0) is 25.8 Å². The Kier molecular flexibility index (Phi) is 3.10. The number of halogens is 2. The second kappa shape index (κ2) is 4.35. The molecule has 1 aromatic heterocycles. The number of alkyl halides is 1. The van der Waals surface area contributed by atoms with E-state index in [2.05, 4.69) is 16.8 Å². The summed E-state index contributed by atoms with van der Waals surface area (Å²) in [6.45, 7) is 3.15. The SMILES string of the molecule is CC1CCCN1c1ncc(F)cc1CCl. The fourth-order valence-electron chi connectivity index (χ4n) is 2.08. The first-order valence-electron chi connectivity index (χ1n) is 5.19. The molecule has 4 heteroatoms. The molecule has 0 saturated carbocycles. The van der Waals surface area contributed by atoms with E-state index in [9.17, 15) is 4.39 Å². The highest BCUT2D eigenvalue weighted by molar-refractivity contribution is 6.17. The van der Waals surface area contributed by atoms with Crippen LogP contribution in [0.2, 0.25) is 0 Å². The van der Waals surface area contributed by atoms with Crippen molar-refractivity contribution in [1.29, 1.82) is 0 Å². The topological polar surface area (TPSA) is 16.1 Å². The van der Waals surface area contributed by atoms with Gasteiger partial charge >= 0.3 is 0 Å². The van der Waals surface area contributed by atoms with Crippen LogP contribution >= 0.6 is 11.6 Å². The van der Waals surface area contributed by atoms with Crippen LogP contribution in [0.15, 0.2) is 12.3 Å². The minimum Gasteiger partial charge on any atom is -0.354 e. The quantitative estimate of drug-likeness (QED) is 0.724. The fourth-order valence-corrected chi connectivity index (χ4v) is 2.28. The Balaban J connectivity index is 2.34. The predicted molar refractivity (Wildman–Crippen MR) is 59.8 cm³/mol. The zero-order valence-electron chi connectivity index (χ0n) is 8.71. The second-order valence-corrected chi connectivity index (χ2v) is 4.22. The summed E-state index contributed by atoms with van der Waals surface area (Å²) in [6.07, 6.45) is 3.60. The smallest absolute Gasteiger partial charge is 0.141 e. The van der Waals surface area contributed by atoms with Gasteiger partial charge in [0, 0.05) is 18.2 Å². The highest BCUT2D eigenvalue weighted by Gasteiger charge is 2.23. The highest BCUT2D eigenvalue weighted by atomic mass is 35.5. The monoisotopic (exact) mass is 228 g/mol. The Bertz CT molecular complexity index is 356. The molecule has 0 N–H and O–H groups in total. The molecule has 0 radical (unpaired) electrons. The number of pyridine rings is 1. The first-order chi connectivity index (χ1) is 7.22. The van der Waals surface area contributed by atoms with Gasteiger partial charge in [-0.15, -0.1) is 11.6 Å². The number of nitrogens with zero attached hydrogens (tertiary/aromatic N) is 2. The molecule has 1 unspecified atom stereocenters. The lowest BCUT2D eigenvalue weighted by Gasteiger charge is -2.24. The first-order valence-corrected chi connectivity index (χ1v) is 5.73. The first kappa shape index (κ1) is 10.7. The summed E-state index contributed by atoms with van der Waals surface area (Å²) >= 11 is 5.80. The van der Waals surface area contributed by atoms with E-state index < -0.39 is 0 Å². The molecule has 0 bridgehead atoms. The van der Waals surface area contributed by atoms with Crippen molar-refractivity contribution in [1.82, 2.24) is 4.98 Å². The van der Waals surface area contributed by atoms with E-state index in [0.29, 0.717) is 11.9 Å². The van der Waals surface area contributed by atoms with Crippen LogP contribution < -0.4 is 4.90 Å².